The molecule has 1 rings (SSSR count). The molecule has 0 aliphatic heterocycles. The van der Waals surface area contributed by atoms with Crippen molar-refractivity contribution in [2.45, 2.75) is 46.2 Å². The third-order valence-corrected chi connectivity index (χ3v) is 3.50. The van der Waals surface area contributed by atoms with Crippen molar-refractivity contribution in [2.75, 3.05) is 19.0 Å². The van der Waals surface area contributed by atoms with Gasteiger partial charge in [-0.25, -0.2) is 4.98 Å². The van der Waals surface area contributed by atoms with Crippen LogP contribution in [0.5, 0.6) is 0 Å². The summed E-state index contributed by atoms with van der Waals surface area (Å²) in [6.45, 7) is 9.64. The Kier molecular flexibility index (Phi) is 4.52. The second-order valence-corrected chi connectivity index (χ2v) is 5.23. The summed E-state index contributed by atoms with van der Waals surface area (Å²) < 4.78 is 0. The molecule has 0 amide bonds. The topological polar surface area (TPSA) is 28.2 Å². The van der Waals surface area contributed by atoms with Crippen LogP contribution in [0.1, 0.15) is 38.4 Å². The molecule has 0 aliphatic carbocycles. The zero-order valence-corrected chi connectivity index (χ0v) is 12.0. The molecule has 1 N–H and O–H groups in total. The molecule has 3 nitrogen and oxygen atoms in total. The molecule has 0 spiro atoms. The van der Waals surface area contributed by atoms with Crippen LogP contribution < -0.4 is 10.2 Å². The first-order chi connectivity index (χ1) is 7.90. The Morgan fingerprint density at radius 3 is 2.53 bits per heavy atom. The fourth-order valence-electron chi connectivity index (χ4n) is 1.75. The summed E-state index contributed by atoms with van der Waals surface area (Å²) in [7, 11) is 4.09. The largest absolute Gasteiger partial charge is 0.355 e. The lowest BCUT2D eigenvalue weighted by molar-refractivity contribution is 0.467. The van der Waals surface area contributed by atoms with Gasteiger partial charge >= 0.3 is 0 Å². The van der Waals surface area contributed by atoms with Crippen LogP contribution in [0.15, 0.2) is 12.1 Å². The highest BCUT2D eigenvalue weighted by Crippen LogP contribution is 2.24. The quantitative estimate of drug-likeness (QED) is 0.850. The van der Waals surface area contributed by atoms with E-state index in [4.69, 9.17) is 0 Å². The second-order valence-electron chi connectivity index (χ2n) is 5.23. The molecule has 0 fully saturated rings. The molecular weight excluding hydrogens is 210 g/mol. The third-order valence-electron chi connectivity index (χ3n) is 3.50. The summed E-state index contributed by atoms with van der Waals surface area (Å²) in [5.41, 5.74) is 2.50. The van der Waals surface area contributed by atoms with Crippen LogP contribution in [0.4, 0.5) is 5.82 Å². The van der Waals surface area contributed by atoms with Gasteiger partial charge in [-0.1, -0.05) is 6.92 Å². The van der Waals surface area contributed by atoms with Crippen molar-refractivity contribution in [2.24, 2.45) is 0 Å². The van der Waals surface area contributed by atoms with E-state index in [0.29, 0.717) is 0 Å². The number of hydrogen-bond donors (Lipinski definition) is 1. The molecule has 0 aromatic carbocycles. The summed E-state index contributed by atoms with van der Waals surface area (Å²) in [5.74, 6) is 1.06. The Labute approximate surface area is 105 Å². The minimum atomic E-state index is 0.137. The van der Waals surface area contributed by atoms with Crippen LogP contribution in [-0.2, 0) is 6.54 Å². The van der Waals surface area contributed by atoms with E-state index < -0.39 is 0 Å². The van der Waals surface area contributed by atoms with E-state index in [-0.39, 0.29) is 5.54 Å². The molecule has 0 unspecified atom stereocenters. The Hall–Kier alpha value is -1.09. The maximum atomic E-state index is 4.63. The van der Waals surface area contributed by atoms with Gasteiger partial charge in [-0.05, 0) is 51.9 Å². The van der Waals surface area contributed by atoms with Gasteiger partial charge in [0.15, 0.2) is 0 Å². The van der Waals surface area contributed by atoms with Crippen molar-refractivity contribution in [1.29, 1.82) is 0 Å². The van der Waals surface area contributed by atoms with Crippen molar-refractivity contribution in [3.63, 3.8) is 0 Å². The van der Waals surface area contributed by atoms with Gasteiger partial charge in [0.05, 0.1) is 0 Å². The molecule has 0 saturated carbocycles. The summed E-state index contributed by atoms with van der Waals surface area (Å²) in [6, 6.07) is 4.30. The number of nitrogens with one attached hydrogen (secondary N) is 1. The summed E-state index contributed by atoms with van der Waals surface area (Å²) in [6.07, 6.45) is 1.10. The Bertz CT molecular complexity index is 372. The van der Waals surface area contributed by atoms with E-state index in [1.54, 1.807) is 0 Å². The number of aromatic nitrogens is 1. The lowest BCUT2D eigenvalue weighted by atomic mass is 10.00. The van der Waals surface area contributed by atoms with Crippen molar-refractivity contribution in [3.8, 4) is 0 Å². The second kappa shape index (κ2) is 5.50. The van der Waals surface area contributed by atoms with Gasteiger partial charge in [-0.2, -0.15) is 0 Å². The Morgan fingerprint density at radius 1 is 1.35 bits per heavy atom. The minimum absolute atomic E-state index is 0.137. The molecule has 1 aromatic rings. The summed E-state index contributed by atoms with van der Waals surface area (Å²) in [5, 5.41) is 3.18. The molecule has 0 atom stereocenters. The first kappa shape index (κ1) is 14.0. The molecule has 3 heteroatoms. The first-order valence-corrected chi connectivity index (χ1v) is 6.26. The fraction of sp³-hybridized carbons (Fsp3) is 0.643. The third kappa shape index (κ3) is 3.43. The highest BCUT2D eigenvalue weighted by Gasteiger charge is 2.22. The van der Waals surface area contributed by atoms with E-state index in [9.17, 15) is 0 Å². The maximum absolute atomic E-state index is 4.63. The molecular formula is C14H25N3. The number of anilines is 1. The van der Waals surface area contributed by atoms with E-state index >= 15 is 0 Å². The fourth-order valence-corrected chi connectivity index (χ4v) is 1.75. The normalized spacial score (nSPS) is 11.6. The average Bonchev–Trinajstić information content (AvgIpc) is 2.27. The van der Waals surface area contributed by atoms with E-state index in [1.165, 1.54) is 5.56 Å². The van der Waals surface area contributed by atoms with Gasteiger partial charge in [0, 0.05) is 24.8 Å². The van der Waals surface area contributed by atoms with Crippen molar-refractivity contribution in [1.82, 2.24) is 10.3 Å². The molecule has 1 aromatic heterocycles. The number of hydrogen-bond acceptors (Lipinski definition) is 3. The predicted molar refractivity (Wildman–Crippen MR) is 74.5 cm³/mol. The van der Waals surface area contributed by atoms with Gasteiger partial charge in [-0.15, -0.1) is 0 Å². The molecule has 0 bridgehead atoms. The number of aryl methyl sites for hydroxylation is 1. The molecule has 0 aliphatic rings. The van der Waals surface area contributed by atoms with Crippen molar-refractivity contribution in [3.05, 3.63) is 23.4 Å². The molecule has 0 radical (unpaired) electrons. The summed E-state index contributed by atoms with van der Waals surface area (Å²) in [4.78, 5) is 6.89. The highest BCUT2D eigenvalue weighted by atomic mass is 15.2. The standard InChI is InChI=1S/C14H25N3/c1-7-14(3,4)17(6)13-9-12(10-15-5)8-11(2)16-13/h8-9,15H,7,10H2,1-6H3. The van der Waals surface area contributed by atoms with Crippen LogP contribution in [-0.4, -0.2) is 24.6 Å². The van der Waals surface area contributed by atoms with Gasteiger partial charge < -0.3 is 10.2 Å². The smallest absolute Gasteiger partial charge is 0.129 e. The van der Waals surface area contributed by atoms with Gasteiger partial charge in [-0.3, -0.25) is 0 Å². The van der Waals surface area contributed by atoms with Crippen LogP contribution >= 0.6 is 0 Å². The van der Waals surface area contributed by atoms with Gasteiger partial charge in [0.1, 0.15) is 5.82 Å². The van der Waals surface area contributed by atoms with E-state index in [2.05, 4.69) is 62.1 Å². The lowest BCUT2D eigenvalue weighted by Gasteiger charge is -2.36. The first-order valence-electron chi connectivity index (χ1n) is 6.26. The molecule has 96 valence electrons. The monoisotopic (exact) mass is 235 g/mol. The van der Waals surface area contributed by atoms with Crippen LogP contribution in [0.3, 0.4) is 0 Å². The van der Waals surface area contributed by atoms with Gasteiger partial charge in [0.2, 0.25) is 0 Å². The van der Waals surface area contributed by atoms with E-state index in [0.717, 1.165) is 24.5 Å². The van der Waals surface area contributed by atoms with Crippen LogP contribution in [0, 0.1) is 6.92 Å². The van der Waals surface area contributed by atoms with Crippen molar-refractivity contribution >= 4 is 5.82 Å². The number of rotatable bonds is 5. The minimum Gasteiger partial charge on any atom is -0.355 e. The lowest BCUT2D eigenvalue weighted by Crippen LogP contribution is -2.41. The van der Waals surface area contributed by atoms with Crippen LogP contribution in [0.2, 0.25) is 0 Å². The molecule has 0 saturated heterocycles. The predicted octanol–water partition coefficient (Wildman–Crippen LogP) is 2.73. The Balaban J connectivity index is 3.05. The van der Waals surface area contributed by atoms with E-state index in [1.807, 2.05) is 7.05 Å². The van der Waals surface area contributed by atoms with Crippen molar-refractivity contribution < 1.29 is 0 Å². The molecule has 1 heterocycles. The molecule has 17 heavy (non-hydrogen) atoms. The number of nitrogens with zero attached hydrogens (tertiary/aromatic N) is 2. The SMILES string of the molecule is CCC(C)(C)N(C)c1cc(CNC)cc(C)n1. The zero-order chi connectivity index (χ0) is 13.1. The highest BCUT2D eigenvalue weighted by molar-refractivity contribution is 5.44. The van der Waals surface area contributed by atoms with Gasteiger partial charge in [0.25, 0.3) is 0 Å². The number of pyridine rings is 1. The maximum Gasteiger partial charge on any atom is 0.129 e. The Morgan fingerprint density at radius 2 is 2.00 bits per heavy atom. The summed E-state index contributed by atoms with van der Waals surface area (Å²) >= 11 is 0. The average molecular weight is 235 g/mol. The zero-order valence-electron chi connectivity index (χ0n) is 12.0. The van der Waals surface area contributed by atoms with Crippen LogP contribution in [0.25, 0.3) is 0 Å².